The highest BCUT2D eigenvalue weighted by atomic mass is 16.7. The molecule has 2 heterocycles. The van der Waals surface area contributed by atoms with Crippen LogP contribution in [0.15, 0.2) is 35.9 Å². The van der Waals surface area contributed by atoms with Gasteiger partial charge in [-0.3, -0.25) is 4.79 Å². The van der Waals surface area contributed by atoms with Gasteiger partial charge in [0.1, 0.15) is 11.5 Å². The molecule has 41 heavy (non-hydrogen) atoms. The van der Waals surface area contributed by atoms with E-state index < -0.39 is 0 Å². The monoisotopic (exact) mass is 566 g/mol. The van der Waals surface area contributed by atoms with Crippen LogP contribution in [0.2, 0.25) is 0 Å². The highest BCUT2D eigenvalue weighted by molar-refractivity contribution is 5.69. The van der Waals surface area contributed by atoms with Crippen molar-refractivity contribution >= 4 is 5.97 Å². The van der Waals surface area contributed by atoms with Crippen molar-refractivity contribution in [3.8, 4) is 11.5 Å². The molecule has 1 aromatic carbocycles. The van der Waals surface area contributed by atoms with E-state index >= 15 is 0 Å². The summed E-state index contributed by atoms with van der Waals surface area (Å²) in [6, 6.07) is 5.96. The molecule has 4 aliphatic carbocycles. The standard InChI is InChI=1S/C27H42O3.C8H8O3/c1-16-7-12-27(29-15-16)17(2)24-23(30-27)14-22-20-6-5-18-13-19(28)8-10-25(18,3)21(20)9-11-26(22,24)4;1-6(9)11-8-4-2-7(10)3-5-8/h9,16-20,22-24,28H,5-8,10-15H2,1-4H3;2-5,10H,1H3. The van der Waals surface area contributed by atoms with Crippen LogP contribution in [0.5, 0.6) is 11.5 Å². The van der Waals surface area contributed by atoms with Crippen molar-refractivity contribution < 1.29 is 29.2 Å². The molecule has 3 saturated carbocycles. The quantitative estimate of drug-likeness (QED) is 0.216. The van der Waals surface area contributed by atoms with Crippen LogP contribution >= 0.6 is 0 Å². The zero-order valence-corrected chi connectivity index (χ0v) is 25.6. The van der Waals surface area contributed by atoms with Crippen LogP contribution in [0.25, 0.3) is 0 Å². The average molecular weight is 567 g/mol. The van der Waals surface area contributed by atoms with E-state index in [1.807, 2.05) is 0 Å². The first-order valence-electron chi connectivity index (χ1n) is 16.1. The number of benzene rings is 1. The molecule has 2 aliphatic heterocycles. The van der Waals surface area contributed by atoms with Gasteiger partial charge in [0.05, 0.1) is 18.8 Å². The first kappa shape index (κ1) is 29.2. The molecule has 0 bridgehead atoms. The number of esters is 1. The molecular formula is C35H50O6. The van der Waals surface area contributed by atoms with Crippen LogP contribution in [0.4, 0.5) is 0 Å². The highest BCUT2D eigenvalue weighted by Crippen LogP contribution is 2.69. The fourth-order valence-corrected chi connectivity index (χ4v) is 10.2. The zero-order chi connectivity index (χ0) is 29.2. The number of aromatic hydroxyl groups is 1. The van der Waals surface area contributed by atoms with E-state index in [1.165, 1.54) is 69.7 Å². The Labute approximate surface area is 245 Å². The number of hydrogen-bond acceptors (Lipinski definition) is 6. The van der Waals surface area contributed by atoms with E-state index in [0.29, 0.717) is 46.4 Å². The lowest BCUT2D eigenvalue weighted by molar-refractivity contribution is -0.272. The second kappa shape index (κ2) is 10.7. The van der Waals surface area contributed by atoms with Gasteiger partial charge in [0.2, 0.25) is 0 Å². The summed E-state index contributed by atoms with van der Waals surface area (Å²) in [5, 5.41) is 19.1. The van der Waals surface area contributed by atoms with Crippen LogP contribution in [-0.4, -0.2) is 40.8 Å². The minimum absolute atomic E-state index is 0.0661. The van der Waals surface area contributed by atoms with Crippen molar-refractivity contribution in [2.24, 2.45) is 46.3 Å². The molecule has 0 aromatic heterocycles. The van der Waals surface area contributed by atoms with Crippen LogP contribution in [0.3, 0.4) is 0 Å². The molecule has 0 radical (unpaired) electrons. The molecule has 1 spiro atoms. The summed E-state index contributed by atoms with van der Waals surface area (Å²) in [5.41, 5.74) is 2.46. The Morgan fingerprint density at radius 2 is 1.78 bits per heavy atom. The van der Waals surface area contributed by atoms with Gasteiger partial charge in [-0.25, -0.2) is 0 Å². The Morgan fingerprint density at radius 3 is 2.46 bits per heavy atom. The molecular weight excluding hydrogens is 516 g/mol. The lowest BCUT2D eigenvalue weighted by Crippen LogP contribution is -2.50. The second-order valence-electron chi connectivity index (χ2n) is 14.8. The number of phenols is 1. The van der Waals surface area contributed by atoms with Crippen molar-refractivity contribution in [2.75, 3.05) is 6.61 Å². The molecule has 11 atom stereocenters. The maximum Gasteiger partial charge on any atom is 0.308 e. The minimum atomic E-state index is -0.365. The molecule has 2 saturated heterocycles. The summed E-state index contributed by atoms with van der Waals surface area (Å²) in [5.74, 6) is 3.91. The SMILES string of the molecule is CC(=O)Oc1ccc(O)cc1.CC1CCC2(OC1)OC1CC3C4CCC5CC(O)CCC5(C)C4=CCC3(C)C1C2C. The predicted octanol–water partition coefficient (Wildman–Crippen LogP) is 7.03. The number of hydrogen-bond donors (Lipinski definition) is 2. The summed E-state index contributed by atoms with van der Waals surface area (Å²) in [4.78, 5) is 10.4. The van der Waals surface area contributed by atoms with E-state index in [0.717, 1.165) is 37.7 Å². The van der Waals surface area contributed by atoms with Gasteiger partial charge in [-0.2, -0.15) is 0 Å². The third-order valence-electron chi connectivity index (χ3n) is 12.4. The Balaban J connectivity index is 0.000000233. The van der Waals surface area contributed by atoms with Crippen molar-refractivity contribution in [3.63, 3.8) is 0 Å². The van der Waals surface area contributed by atoms with Crippen LogP contribution in [-0.2, 0) is 14.3 Å². The molecule has 11 unspecified atom stereocenters. The molecule has 5 fully saturated rings. The normalized spacial score (nSPS) is 46.2. The van der Waals surface area contributed by atoms with Gasteiger partial charge in [-0.05, 0) is 116 Å². The summed E-state index contributed by atoms with van der Waals surface area (Å²) in [6.07, 6.45) is 13.6. The second-order valence-corrected chi connectivity index (χ2v) is 14.8. The van der Waals surface area contributed by atoms with Gasteiger partial charge >= 0.3 is 5.97 Å². The number of carbonyl (C=O) groups excluding carboxylic acids is 1. The fraction of sp³-hybridized carbons (Fsp3) is 0.743. The first-order chi connectivity index (χ1) is 19.4. The van der Waals surface area contributed by atoms with E-state index in [9.17, 15) is 9.90 Å². The Kier molecular flexibility index (Phi) is 7.60. The number of aliphatic hydroxyl groups excluding tert-OH is 1. The molecule has 1 aromatic rings. The smallest absolute Gasteiger partial charge is 0.308 e. The van der Waals surface area contributed by atoms with Crippen LogP contribution < -0.4 is 4.74 Å². The zero-order valence-electron chi connectivity index (χ0n) is 25.6. The van der Waals surface area contributed by atoms with Gasteiger partial charge < -0.3 is 24.4 Å². The topological polar surface area (TPSA) is 85.2 Å². The number of rotatable bonds is 1. The molecule has 2 N–H and O–H groups in total. The molecule has 6 aliphatic rings. The fourth-order valence-electron chi connectivity index (χ4n) is 10.2. The molecule has 6 heteroatoms. The van der Waals surface area contributed by atoms with Crippen molar-refractivity contribution in [3.05, 3.63) is 35.9 Å². The number of aliphatic hydroxyl groups is 1. The van der Waals surface area contributed by atoms with Crippen molar-refractivity contribution in [1.29, 1.82) is 0 Å². The van der Waals surface area contributed by atoms with Gasteiger partial charge in [0.25, 0.3) is 0 Å². The molecule has 7 rings (SSSR count). The Bertz CT molecular complexity index is 1150. The number of ether oxygens (including phenoxy) is 3. The maximum absolute atomic E-state index is 10.4. The lowest BCUT2D eigenvalue weighted by atomic mass is 9.48. The van der Waals surface area contributed by atoms with Crippen LogP contribution in [0, 0.1) is 46.3 Å². The van der Waals surface area contributed by atoms with E-state index in [4.69, 9.17) is 19.3 Å². The third kappa shape index (κ3) is 4.96. The van der Waals surface area contributed by atoms with Crippen LogP contribution in [0.1, 0.15) is 92.4 Å². The van der Waals surface area contributed by atoms with Crippen molar-refractivity contribution in [2.45, 2.75) is 110 Å². The van der Waals surface area contributed by atoms with Gasteiger partial charge in [0.15, 0.2) is 5.79 Å². The van der Waals surface area contributed by atoms with Gasteiger partial charge in [-0.15, -0.1) is 0 Å². The summed E-state index contributed by atoms with van der Waals surface area (Å²) in [6.45, 7) is 12.1. The summed E-state index contributed by atoms with van der Waals surface area (Å²) < 4.78 is 18.1. The molecule has 226 valence electrons. The highest BCUT2D eigenvalue weighted by Gasteiger charge is 2.67. The van der Waals surface area contributed by atoms with Gasteiger partial charge in [-0.1, -0.05) is 39.3 Å². The van der Waals surface area contributed by atoms with Gasteiger partial charge in [0, 0.05) is 19.3 Å². The molecule has 0 amide bonds. The third-order valence-corrected chi connectivity index (χ3v) is 12.4. The lowest BCUT2D eigenvalue weighted by Gasteiger charge is -2.57. The average Bonchev–Trinajstić information content (AvgIpc) is 3.37. The number of fused-ring (bicyclic) bond motifs is 7. The predicted molar refractivity (Wildman–Crippen MR) is 157 cm³/mol. The van der Waals surface area contributed by atoms with E-state index in [-0.39, 0.29) is 23.6 Å². The van der Waals surface area contributed by atoms with Crippen molar-refractivity contribution in [1.82, 2.24) is 0 Å². The Hall–Kier alpha value is -1.89. The number of phenolic OH excluding ortho intramolecular Hbond substituents is 1. The Morgan fingerprint density at radius 1 is 1.02 bits per heavy atom. The number of carbonyl (C=O) groups is 1. The molecule has 6 nitrogen and oxygen atoms in total. The minimum Gasteiger partial charge on any atom is -0.508 e. The number of allylic oxidation sites excluding steroid dienone is 2. The first-order valence-corrected chi connectivity index (χ1v) is 16.1. The summed E-state index contributed by atoms with van der Waals surface area (Å²) in [7, 11) is 0. The van der Waals surface area contributed by atoms with E-state index in [1.54, 1.807) is 5.57 Å². The maximum atomic E-state index is 10.4. The largest absolute Gasteiger partial charge is 0.508 e. The van der Waals surface area contributed by atoms with E-state index in [2.05, 4.69) is 33.8 Å². The summed E-state index contributed by atoms with van der Waals surface area (Å²) >= 11 is 0.